The number of hydrogen-bond acceptors (Lipinski definition) is 4. The van der Waals surface area contributed by atoms with Gasteiger partial charge in [0.25, 0.3) is 0 Å². The van der Waals surface area contributed by atoms with Crippen molar-refractivity contribution in [3.63, 3.8) is 0 Å². The summed E-state index contributed by atoms with van der Waals surface area (Å²) in [6, 6.07) is 19.2. The molecule has 0 saturated carbocycles. The molecule has 0 spiro atoms. The van der Waals surface area contributed by atoms with Gasteiger partial charge < -0.3 is 14.2 Å². The fourth-order valence-corrected chi connectivity index (χ4v) is 5.41. The first kappa shape index (κ1) is 24.1. The van der Waals surface area contributed by atoms with Crippen molar-refractivity contribution in [1.29, 1.82) is 0 Å². The van der Waals surface area contributed by atoms with E-state index in [4.69, 9.17) is 14.2 Å². The van der Waals surface area contributed by atoms with Crippen LogP contribution in [-0.4, -0.2) is 44.4 Å². The van der Waals surface area contributed by atoms with E-state index in [0.29, 0.717) is 6.61 Å². The molecule has 3 aromatic rings. The zero-order chi connectivity index (χ0) is 25.5. The van der Waals surface area contributed by atoms with Gasteiger partial charge in [-0.2, -0.15) is 0 Å². The van der Waals surface area contributed by atoms with Crippen molar-refractivity contribution in [3.8, 4) is 11.5 Å². The van der Waals surface area contributed by atoms with Crippen molar-refractivity contribution in [3.05, 3.63) is 94.3 Å². The number of fused-ring (bicyclic) bond motifs is 1. The normalized spacial score (nSPS) is 21.3. The van der Waals surface area contributed by atoms with Crippen LogP contribution in [0.1, 0.15) is 46.9 Å². The number of allylic oxidation sites excluding steroid dienone is 1. The molecule has 2 saturated heterocycles. The molecule has 2 atom stereocenters. The van der Waals surface area contributed by atoms with Gasteiger partial charge in [-0.05, 0) is 78.1 Å². The number of benzene rings is 3. The SMILES string of the molecule is CC1=C(c2ccc(F)cc2C)C(c2ccc(OCCN3CC(CF)C3)cc2)Oc2ccc([C@@H]3CO3)cc21. The molecular formula is C31H31F2NO3. The van der Waals surface area contributed by atoms with Crippen LogP contribution in [0.25, 0.3) is 11.1 Å². The Bertz CT molecular complexity index is 1330. The van der Waals surface area contributed by atoms with E-state index in [2.05, 4.69) is 24.0 Å². The van der Waals surface area contributed by atoms with Crippen molar-refractivity contribution in [2.24, 2.45) is 5.92 Å². The summed E-state index contributed by atoms with van der Waals surface area (Å²) < 4.78 is 44.7. The van der Waals surface area contributed by atoms with Crippen molar-refractivity contribution in [1.82, 2.24) is 4.90 Å². The largest absolute Gasteiger partial charge is 0.492 e. The second-order valence-electron chi connectivity index (χ2n) is 10.3. The number of rotatable bonds is 8. The summed E-state index contributed by atoms with van der Waals surface area (Å²) in [4.78, 5) is 2.21. The summed E-state index contributed by atoms with van der Waals surface area (Å²) in [6.07, 6.45) is -0.182. The van der Waals surface area contributed by atoms with Crippen LogP contribution < -0.4 is 9.47 Å². The van der Waals surface area contributed by atoms with Gasteiger partial charge >= 0.3 is 0 Å². The lowest BCUT2D eigenvalue weighted by atomic mass is 9.84. The number of halogens is 2. The molecule has 6 heteroatoms. The van der Waals surface area contributed by atoms with E-state index in [1.165, 1.54) is 6.07 Å². The van der Waals surface area contributed by atoms with E-state index >= 15 is 0 Å². The van der Waals surface area contributed by atoms with Gasteiger partial charge in [0.15, 0.2) is 0 Å². The zero-order valence-electron chi connectivity index (χ0n) is 21.2. The van der Waals surface area contributed by atoms with Crippen LogP contribution in [0.2, 0.25) is 0 Å². The van der Waals surface area contributed by atoms with Gasteiger partial charge in [-0.15, -0.1) is 0 Å². The summed E-state index contributed by atoms with van der Waals surface area (Å²) in [5.41, 5.74) is 7.19. The zero-order valence-corrected chi connectivity index (χ0v) is 21.2. The van der Waals surface area contributed by atoms with Gasteiger partial charge in [0.1, 0.15) is 36.1 Å². The predicted molar refractivity (Wildman–Crippen MR) is 140 cm³/mol. The molecule has 1 unspecified atom stereocenters. The third-order valence-electron chi connectivity index (χ3n) is 7.61. The highest BCUT2D eigenvalue weighted by Crippen LogP contribution is 2.48. The van der Waals surface area contributed by atoms with E-state index in [9.17, 15) is 8.78 Å². The van der Waals surface area contributed by atoms with Crippen LogP contribution in [0, 0.1) is 18.7 Å². The second kappa shape index (κ2) is 9.92. The monoisotopic (exact) mass is 503 g/mol. The summed E-state index contributed by atoms with van der Waals surface area (Å²) in [5.74, 6) is 1.55. The maximum absolute atomic E-state index is 14.0. The Morgan fingerprint density at radius 1 is 0.946 bits per heavy atom. The van der Waals surface area contributed by atoms with E-state index in [0.717, 1.165) is 76.7 Å². The Morgan fingerprint density at radius 2 is 1.70 bits per heavy atom. The predicted octanol–water partition coefficient (Wildman–Crippen LogP) is 6.55. The van der Waals surface area contributed by atoms with E-state index < -0.39 is 0 Å². The third-order valence-corrected chi connectivity index (χ3v) is 7.61. The molecule has 3 aromatic carbocycles. The van der Waals surface area contributed by atoms with Gasteiger partial charge in [-0.1, -0.05) is 24.3 Å². The molecule has 0 aliphatic carbocycles. The molecule has 2 fully saturated rings. The Balaban J connectivity index is 1.27. The molecule has 0 bridgehead atoms. The van der Waals surface area contributed by atoms with Crippen molar-refractivity contribution in [2.45, 2.75) is 26.1 Å². The lowest BCUT2D eigenvalue weighted by molar-refractivity contribution is 0.0668. The fourth-order valence-electron chi connectivity index (χ4n) is 5.41. The first-order chi connectivity index (χ1) is 18.0. The Hall–Kier alpha value is -3.22. The number of nitrogens with zero attached hydrogens (tertiary/aromatic N) is 1. The van der Waals surface area contributed by atoms with Gasteiger partial charge in [0, 0.05) is 36.7 Å². The molecule has 0 aromatic heterocycles. The van der Waals surface area contributed by atoms with Gasteiger partial charge in [0.05, 0.1) is 13.3 Å². The standard InChI is InChI=1S/C31H31F2NO3/c1-19-13-24(33)6-9-26(19)30-20(2)27-14-23(29-18-36-29)5-10-28(27)37-31(30)22-3-7-25(8-4-22)35-12-11-34-16-21(15-32)17-34/h3-10,13-14,21,29,31H,11-12,15-18H2,1-2H3/t29-,31?/m0/s1. The van der Waals surface area contributed by atoms with Crippen LogP contribution >= 0.6 is 0 Å². The van der Waals surface area contributed by atoms with Crippen LogP contribution in [0.3, 0.4) is 0 Å². The minimum absolute atomic E-state index is 0.158. The fraction of sp³-hybridized carbons (Fsp3) is 0.355. The number of likely N-dealkylation sites (tertiary alicyclic amines) is 1. The minimum Gasteiger partial charge on any atom is -0.492 e. The van der Waals surface area contributed by atoms with E-state index in [1.54, 1.807) is 6.07 Å². The second-order valence-corrected chi connectivity index (χ2v) is 10.3. The van der Waals surface area contributed by atoms with Crippen molar-refractivity contribution in [2.75, 3.05) is 39.5 Å². The first-order valence-electron chi connectivity index (χ1n) is 12.9. The lowest BCUT2D eigenvalue weighted by Crippen LogP contribution is -2.49. The number of alkyl halides is 1. The summed E-state index contributed by atoms with van der Waals surface area (Å²) >= 11 is 0. The van der Waals surface area contributed by atoms with Crippen LogP contribution in [0.4, 0.5) is 8.78 Å². The number of aryl methyl sites for hydroxylation is 1. The van der Waals surface area contributed by atoms with Crippen LogP contribution in [0.15, 0.2) is 60.7 Å². The molecule has 6 rings (SSSR count). The maximum atomic E-state index is 14.0. The van der Waals surface area contributed by atoms with Crippen LogP contribution in [0.5, 0.6) is 11.5 Å². The summed E-state index contributed by atoms with van der Waals surface area (Å²) in [5, 5.41) is 0. The Labute approximate surface area is 216 Å². The number of ether oxygens (including phenoxy) is 3. The first-order valence-corrected chi connectivity index (χ1v) is 12.9. The Morgan fingerprint density at radius 3 is 2.41 bits per heavy atom. The highest BCUT2D eigenvalue weighted by atomic mass is 19.1. The average Bonchev–Trinajstić information content (AvgIpc) is 3.72. The highest BCUT2D eigenvalue weighted by Gasteiger charge is 2.32. The van der Waals surface area contributed by atoms with Gasteiger partial charge in [0.2, 0.25) is 0 Å². The molecule has 3 aliphatic heterocycles. The molecular weight excluding hydrogens is 472 g/mol. The van der Waals surface area contributed by atoms with Crippen LogP contribution in [-0.2, 0) is 4.74 Å². The summed E-state index contributed by atoms with van der Waals surface area (Å²) in [7, 11) is 0. The molecule has 4 nitrogen and oxygen atoms in total. The lowest BCUT2D eigenvalue weighted by Gasteiger charge is -2.37. The summed E-state index contributed by atoms with van der Waals surface area (Å²) in [6.45, 7) is 7.55. The molecule has 192 valence electrons. The highest BCUT2D eigenvalue weighted by molar-refractivity contribution is 5.96. The molecule has 3 heterocycles. The van der Waals surface area contributed by atoms with Crippen molar-refractivity contribution < 1.29 is 23.0 Å². The maximum Gasteiger partial charge on any atom is 0.150 e. The topological polar surface area (TPSA) is 34.2 Å². The Kier molecular flexibility index (Phi) is 6.47. The molecule has 37 heavy (non-hydrogen) atoms. The quantitative estimate of drug-likeness (QED) is 0.327. The molecule has 3 aliphatic rings. The number of epoxide rings is 1. The third kappa shape index (κ3) is 4.88. The number of hydrogen-bond donors (Lipinski definition) is 0. The van der Waals surface area contributed by atoms with Gasteiger partial charge in [-0.3, -0.25) is 9.29 Å². The van der Waals surface area contributed by atoms with Gasteiger partial charge in [-0.25, -0.2) is 4.39 Å². The smallest absolute Gasteiger partial charge is 0.150 e. The molecule has 0 N–H and O–H groups in total. The average molecular weight is 504 g/mol. The van der Waals surface area contributed by atoms with E-state index in [1.807, 2.05) is 43.3 Å². The molecule has 0 amide bonds. The van der Waals surface area contributed by atoms with E-state index in [-0.39, 0.29) is 30.6 Å². The molecule has 0 radical (unpaired) electrons. The van der Waals surface area contributed by atoms with Crippen molar-refractivity contribution >= 4 is 11.1 Å². The minimum atomic E-state index is -0.340.